The van der Waals surface area contributed by atoms with Crippen molar-refractivity contribution in [1.82, 2.24) is 9.76 Å². The Morgan fingerprint density at radius 2 is 2.23 bits per heavy atom. The molecular weight excluding hydrogens is 230 g/mol. The molecule has 0 aliphatic carbocycles. The minimum Gasteiger partial charge on any atom is -0.331 e. The highest BCUT2D eigenvalue weighted by Gasteiger charge is 2.22. The zero-order chi connectivity index (χ0) is 9.52. The number of nitrogens with one attached hydrogen (secondary N) is 1. The van der Waals surface area contributed by atoms with E-state index >= 15 is 0 Å². The average Bonchev–Trinajstić information content (AvgIpc) is 2.17. The van der Waals surface area contributed by atoms with Crippen LogP contribution in [-0.4, -0.2) is 42.7 Å². The molecule has 0 radical (unpaired) electrons. The third kappa shape index (κ3) is 4.28. The Hall–Kier alpha value is 0.890. The molecule has 0 bridgehead atoms. The Bertz CT molecular complexity index is 140. The molecule has 1 rings (SSSR count). The maximum absolute atomic E-state index is 5.69. The van der Waals surface area contributed by atoms with Gasteiger partial charge in [0, 0.05) is 31.4 Å². The van der Waals surface area contributed by atoms with Crippen molar-refractivity contribution >= 4 is 31.7 Å². The van der Waals surface area contributed by atoms with Crippen molar-refractivity contribution in [2.45, 2.75) is 6.42 Å². The van der Waals surface area contributed by atoms with E-state index in [0.29, 0.717) is 11.8 Å². The fourth-order valence-corrected chi connectivity index (χ4v) is 3.37. The van der Waals surface area contributed by atoms with Gasteiger partial charge < -0.3 is 4.52 Å². The van der Waals surface area contributed by atoms with Gasteiger partial charge in [-0.25, -0.2) is 4.67 Å². The van der Waals surface area contributed by atoms with Gasteiger partial charge in [0.15, 0.2) is 8.45 Å². The Labute approximate surface area is 90.7 Å². The topological polar surface area (TPSA) is 24.5 Å². The smallest absolute Gasteiger partial charge is 0.185 e. The molecule has 1 heterocycles. The molecule has 1 unspecified atom stereocenters. The normalized spacial score (nSPS) is 24.9. The van der Waals surface area contributed by atoms with Crippen LogP contribution in [0.15, 0.2) is 0 Å². The standard InChI is InChI=1S/C7H15Cl2N2OP/c8-2-4-10-13-11(6-3-9)5-1-7-12-13/h10H,1-7H2. The van der Waals surface area contributed by atoms with Crippen molar-refractivity contribution in [3.05, 3.63) is 0 Å². The number of nitrogens with zero attached hydrogens (tertiary/aromatic N) is 1. The summed E-state index contributed by atoms with van der Waals surface area (Å²) < 4.78 is 7.87. The molecule has 1 atom stereocenters. The van der Waals surface area contributed by atoms with Gasteiger partial charge >= 0.3 is 0 Å². The molecule has 0 aromatic rings. The van der Waals surface area contributed by atoms with Gasteiger partial charge in [0.1, 0.15) is 0 Å². The Morgan fingerprint density at radius 3 is 2.92 bits per heavy atom. The molecule has 0 aromatic heterocycles. The highest BCUT2D eigenvalue weighted by Crippen LogP contribution is 2.39. The van der Waals surface area contributed by atoms with E-state index in [9.17, 15) is 0 Å². The van der Waals surface area contributed by atoms with Crippen LogP contribution < -0.4 is 5.09 Å². The van der Waals surface area contributed by atoms with Crippen LogP contribution in [0, 0.1) is 0 Å². The second kappa shape index (κ2) is 7.22. The molecule has 1 aliphatic rings. The van der Waals surface area contributed by atoms with Gasteiger partial charge in [0.25, 0.3) is 0 Å². The summed E-state index contributed by atoms with van der Waals surface area (Å²) in [5.74, 6) is 1.28. The number of hydrogen-bond acceptors (Lipinski definition) is 3. The number of hydrogen-bond donors (Lipinski definition) is 1. The average molecular weight is 245 g/mol. The van der Waals surface area contributed by atoms with Crippen molar-refractivity contribution in [2.75, 3.05) is 38.0 Å². The molecule has 1 N–H and O–H groups in total. The molecule has 0 aromatic carbocycles. The Morgan fingerprint density at radius 1 is 1.38 bits per heavy atom. The third-order valence-electron chi connectivity index (χ3n) is 1.72. The molecular formula is C7H15Cl2N2OP. The minimum atomic E-state index is -0.632. The number of halogens is 2. The Kier molecular flexibility index (Phi) is 6.64. The van der Waals surface area contributed by atoms with Crippen molar-refractivity contribution in [1.29, 1.82) is 0 Å². The van der Waals surface area contributed by atoms with Crippen LogP contribution in [0.2, 0.25) is 0 Å². The van der Waals surface area contributed by atoms with E-state index in [1.807, 2.05) is 0 Å². The lowest BCUT2D eigenvalue weighted by atomic mass is 10.4. The highest BCUT2D eigenvalue weighted by atomic mass is 35.5. The first-order chi connectivity index (χ1) is 6.38. The van der Waals surface area contributed by atoms with Gasteiger partial charge in [0.05, 0.1) is 6.61 Å². The molecule has 1 saturated heterocycles. The zero-order valence-corrected chi connectivity index (χ0v) is 9.91. The maximum Gasteiger partial charge on any atom is 0.185 e. The molecule has 78 valence electrons. The summed E-state index contributed by atoms with van der Waals surface area (Å²) >= 11 is 11.3. The van der Waals surface area contributed by atoms with Crippen LogP contribution in [0.1, 0.15) is 6.42 Å². The second-order valence-corrected chi connectivity index (χ2v) is 5.14. The summed E-state index contributed by atoms with van der Waals surface area (Å²) in [5, 5.41) is 3.28. The molecule has 0 spiro atoms. The predicted molar refractivity (Wildman–Crippen MR) is 58.5 cm³/mol. The maximum atomic E-state index is 5.69. The van der Waals surface area contributed by atoms with Gasteiger partial charge in [-0.05, 0) is 6.42 Å². The summed E-state index contributed by atoms with van der Waals surface area (Å²) in [7, 11) is -0.632. The van der Waals surface area contributed by atoms with E-state index in [2.05, 4.69) is 9.76 Å². The molecule has 1 aliphatic heterocycles. The van der Waals surface area contributed by atoms with E-state index < -0.39 is 8.45 Å². The van der Waals surface area contributed by atoms with E-state index in [1.54, 1.807) is 0 Å². The molecule has 6 heteroatoms. The number of alkyl halides is 2. The molecule has 0 saturated carbocycles. The summed E-state index contributed by atoms with van der Waals surface area (Å²) in [6.07, 6.45) is 1.10. The van der Waals surface area contributed by atoms with Crippen LogP contribution in [0.3, 0.4) is 0 Å². The first kappa shape index (κ1) is 12.0. The van der Waals surface area contributed by atoms with Gasteiger partial charge in [0.2, 0.25) is 0 Å². The van der Waals surface area contributed by atoms with Crippen LogP contribution in [0.5, 0.6) is 0 Å². The quantitative estimate of drug-likeness (QED) is 0.592. The summed E-state index contributed by atoms with van der Waals surface area (Å²) in [6.45, 7) is 3.61. The first-order valence-corrected chi connectivity index (χ1v) is 6.70. The lowest BCUT2D eigenvalue weighted by Gasteiger charge is -2.34. The SMILES string of the molecule is ClCCNP1OCCCN1CCCl. The van der Waals surface area contributed by atoms with Crippen LogP contribution in [0.4, 0.5) is 0 Å². The second-order valence-electron chi connectivity index (χ2n) is 2.70. The van der Waals surface area contributed by atoms with Gasteiger partial charge in [-0.15, -0.1) is 23.2 Å². The summed E-state index contributed by atoms with van der Waals surface area (Å²) in [5.41, 5.74) is 0. The van der Waals surface area contributed by atoms with Crippen molar-refractivity contribution < 1.29 is 4.52 Å². The van der Waals surface area contributed by atoms with E-state index in [4.69, 9.17) is 27.7 Å². The molecule has 13 heavy (non-hydrogen) atoms. The first-order valence-electron chi connectivity index (χ1n) is 4.42. The van der Waals surface area contributed by atoms with E-state index in [1.165, 1.54) is 0 Å². The molecule has 3 nitrogen and oxygen atoms in total. The largest absolute Gasteiger partial charge is 0.331 e. The minimum absolute atomic E-state index is 0.622. The molecule has 0 amide bonds. The fourth-order valence-electron chi connectivity index (χ4n) is 1.15. The fraction of sp³-hybridized carbons (Fsp3) is 1.00. The third-order valence-corrected chi connectivity index (χ3v) is 3.91. The lowest BCUT2D eigenvalue weighted by Crippen LogP contribution is -2.33. The predicted octanol–water partition coefficient (Wildman–Crippen LogP) is 2.00. The van der Waals surface area contributed by atoms with Crippen molar-refractivity contribution in [3.8, 4) is 0 Å². The van der Waals surface area contributed by atoms with E-state index in [0.717, 1.165) is 32.7 Å². The monoisotopic (exact) mass is 244 g/mol. The van der Waals surface area contributed by atoms with Gasteiger partial charge in [-0.1, -0.05) is 0 Å². The molecule has 1 fully saturated rings. The summed E-state index contributed by atoms with van der Waals surface area (Å²) in [4.78, 5) is 0. The number of rotatable bonds is 5. The van der Waals surface area contributed by atoms with Crippen molar-refractivity contribution in [2.24, 2.45) is 0 Å². The zero-order valence-electron chi connectivity index (χ0n) is 7.51. The van der Waals surface area contributed by atoms with Crippen LogP contribution >= 0.6 is 31.7 Å². The van der Waals surface area contributed by atoms with Crippen LogP contribution in [0.25, 0.3) is 0 Å². The Balaban J connectivity index is 2.28. The highest BCUT2D eigenvalue weighted by molar-refractivity contribution is 7.47. The van der Waals surface area contributed by atoms with Gasteiger partial charge in [-0.2, -0.15) is 0 Å². The van der Waals surface area contributed by atoms with Gasteiger partial charge in [-0.3, -0.25) is 5.09 Å². The lowest BCUT2D eigenvalue weighted by molar-refractivity contribution is 0.242. The van der Waals surface area contributed by atoms with Crippen LogP contribution in [-0.2, 0) is 4.52 Å². The summed E-state index contributed by atoms with van der Waals surface area (Å²) in [6, 6.07) is 0. The van der Waals surface area contributed by atoms with Crippen molar-refractivity contribution in [3.63, 3.8) is 0 Å². The van der Waals surface area contributed by atoms with E-state index in [-0.39, 0.29) is 0 Å².